The van der Waals surface area contributed by atoms with Gasteiger partial charge >= 0.3 is 0 Å². The van der Waals surface area contributed by atoms with Crippen LogP contribution in [0.2, 0.25) is 0 Å². The Balaban J connectivity index is 2.67. The molecule has 0 saturated heterocycles. The van der Waals surface area contributed by atoms with E-state index in [1.165, 1.54) is 53.5 Å². The first kappa shape index (κ1) is 12.4. The highest BCUT2D eigenvalue weighted by Gasteiger charge is 2.16. The maximum Gasteiger partial charge on any atom is 0.0156 e. The van der Waals surface area contributed by atoms with Crippen LogP contribution in [0.15, 0.2) is 17.7 Å². The number of benzene rings is 1. The van der Waals surface area contributed by atoms with Crippen LogP contribution in [-0.2, 0) is 12.8 Å². The highest BCUT2D eigenvalue weighted by Crippen LogP contribution is 2.31. The van der Waals surface area contributed by atoms with Gasteiger partial charge in [-0.2, -0.15) is 0 Å². The first-order valence-electron chi connectivity index (χ1n) is 6.25. The van der Waals surface area contributed by atoms with Crippen LogP contribution in [0.5, 0.6) is 0 Å². The summed E-state index contributed by atoms with van der Waals surface area (Å²) in [6.45, 7) is 8.06. The quantitative estimate of drug-likeness (QED) is 0.680. The van der Waals surface area contributed by atoms with Gasteiger partial charge in [-0.1, -0.05) is 30.3 Å². The molecule has 1 aliphatic rings. The summed E-state index contributed by atoms with van der Waals surface area (Å²) >= 11 is 6.02. The molecule has 0 saturated carbocycles. The SMILES string of the molecule is C=Cc1c(/C=C(\C)Cl)c(C)cc2c1CCCC2. The van der Waals surface area contributed by atoms with Gasteiger partial charge in [-0.3, -0.25) is 0 Å². The Bertz CT molecular complexity index is 477. The first-order valence-corrected chi connectivity index (χ1v) is 6.63. The van der Waals surface area contributed by atoms with Crippen LogP contribution >= 0.6 is 11.6 Å². The van der Waals surface area contributed by atoms with E-state index in [2.05, 4.69) is 25.6 Å². The third-order valence-corrected chi connectivity index (χ3v) is 3.60. The number of aryl methyl sites for hydroxylation is 2. The molecule has 90 valence electrons. The molecule has 0 amide bonds. The van der Waals surface area contributed by atoms with Gasteiger partial charge in [0.2, 0.25) is 0 Å². The Hall–Kier alpha value is -1.01. The van der Waals surface area contributed by atoms with Gasteiger partial charge in [-0.15, -0.1) is 0 Å². The molecule has 0 heterocycles. The van der Waals surface area contributed by atoms with Crippen molar-refractivity contribution in [2.45, 2.75) is 39.5 Å². The van der Waals surface area contributed by atoms with Crippen LogP contribution in [0.25, 0.3) is 12.2 Å². The van der Waals surface area contributed by atoms with Crippen molar-refractivity contribution in [2.75, 3.05) is 0 Å². The predicted octanol–water partition coefficient (Wildman–Crippen LogP) is 5.12. The average molecular weight is 247 g/mol. The van der Waals surface area contributed by atoms with E-state index in [1.807, 2.05) is 13.0 Å². The summed E-state index contributed by atoms with van der Waals surface area (Å²) in [5.74, 6) is 0. The maximum atomic E-state index is 6.02. The standard InChI is InChI=1S/C16H19Cl/c1-4-14-15-8-6-5-7-13(15)9-11(2)16(14)10-12(3)17/h4,9-10H,1,5-8H2,2-3H3/b12-10+. The minimum Gasteiger partial charge on any atom is -0.0984 e. The number of rotatable bonds is 2. The predicted molar refractivity (Wildman–Crippen MR) is 77.4 cm³/mol. The van der Waals surface area contributed by atoms with E-state index in [9.17, 15) is 0 Å². The molecule has 0 aromatic heterocycles. The third kappa shape index (κ3) is 2.47. The molecule has 2 rings (SSSR count). The van der Waals surface area contributed by atoms with Gasteiger partial charge in [0.15, 0.2) is 0 Å². The molecular formula is C16H19Cl. The number of allylic oxidation sites excluding steroid dienone is 1. The normalized spacial score (nSPS) is 15.6. The molecule has 1 aliphatic carbocycles. The monoisotopic (exact) mass is 246 g/mol. The molecule has 0 atom stereocenters. The zero-order valence-corrected chi connectivity index (χ0v) is 11.4. The zero-order chi connectivity index (χ0) is 12.4. The summed E-state index contributed by atoms with van der Waals surface area (Å²) in [5.41, 5.74) is 6.84. The lowest BCUT2D eigenvalue weighted by Crippen LogP contribution is -2.07. The van der Waals surface area contributed by atoms with Gasteiger partial charge in [0.1, 0.15) is 0 Å². The third-order valence-electron chi connectivity index (χ3n) is 3.49. The summed E-state index contributed by atoms with van der Waals surface area (Å²) in [6.07, 6.45) is 9.04. The van der Waals surface area contributed by atoms with Crippen molar-refractivity contribution in [3.63, 3.8) is 0 Å². The van der Waals surface area contributed by atoms with Crippen LogP contribution in [-0.4, -0.2) is 0 Å². The highest BCUT2D eigenvalue weighted by atomic mass is 35.5. The molecule has 17 heavy (non-hydrogen) atoms. The summed E-state index contributed by atoms with van der Waals surface area (Å²) in [6, 6.07) is 2.33. The number of hydrogen-bond acceptors (Lipinski definition) is 0. The van der Waals surface area contributed by atoms with Gasteiger partial charge < -0.3 is 0 Å². The van der Waals surface area contributed by atoms with Crippen molar-refractivity contribution in [3.8, 4) is 0 Å². The van der Waals surface area contributed by atoms with Crippen LogP contribution in [0.3, 0.4) is 0 Å². The molecule has 0 N–H and O–H groups in total. The van der Waals surface area contributed by atoms with E-state index < -0.39 is 0 Å². The fraction of sp³-hybridized carbons (Fsp3) is 0.375. The van der Waals surface area contributed by atoms with E-state index in [4.69, 9.17) is 11.6 Å². The number of hydrogen-bond donors (Lipinski definition) is 0. The lowest BCUT2D eigenvalue weighted by atomic mass is 9.84. The van der Waals surface area contributed by atoms with Crippen LogP contribution in [0.1, 0.15) is 47.6 Å². The zero-order valence-electron chi connectivity index (χ0n) is 10.6. The first-order chi connectivity index (χ1) is 8.13. The Morgan fingerprint density at radius 3 is 2.65 bits per heavy atom. The van der Waals surface area contributed by atoms with E-state index in [0.29, 0.717) is 0 Å². The largest absolute Gasteiger partial charge is 0.0984 e. The molecule has 0 aliphatic heterocycles. The van der Waals surface area contributed by atoms with Gasteiger partial charge in [-0.05, 0) is 73.4 Å². The van der Waals surface area contributed by atoms with Crippen molar-refractivity contribution < 1.29 is 0 Å². The minimum atomic E-state index is 0.826. The molecule has 1 aromatic rings. The van der Waals surface area contributed by atoms with Gasteiger partial charge in [-0.25, -0.2) is 0 Å². The number of halogens is 1. The second-order valence-corrected chi connectivity index (χ2v) is 5.40. The average Bonchev–Trinajstić information content (AvgIpc) is 2.29. The van der Waals surface area contributed by atoms with Crippen LogP contribution in [0.4, 0.5) is 0 Å². The van der Waals surface area contributed by atoms with E-state index >= 15 is 0 Å². The molecule has 0 bridgehead atoms. The molecule has 0 fully saturated rings. The second kappa shape index (κ2) is 5.10. The molecule has 0 spiro atoms. The van der Waals surface area contributed by atoms with E-state index in [0.717, 1.165) is 5.03 Å². The van der Waals surface area contributed by atoms with Gasteiger partial charge in [0.05, 0.1) is 0 Å². The summed E-state index contributed by atoms with van der Waals surface area (Å²) < 4.78 is 0. The van der Waals surface area contributed by atoms with Crippen LogP contribution < -0.4 is 0 Å². The Morgan fingerprint density at radius 1 is 1.29 bits per heavy atom. The highest BCUT2D eigenvalue weighted by molar-refractivity contribution is 6.31. The summed E-state index contributed by atoms with van der Waals surface area (Å²) in [4.78, 5) is 0. The lowest BCUT2D eigenvalue weighted by molar-refractivity contribution is 0.683. The molecule has 1 aromatic carbocycles. The molecule has 0 radical (unpaired) electrons. The fourth-order valence-corrected chi connectivity index (χ4v) is 2.84. The van der Waals surface area contributed by atoms with Crippen molar-refractivity contribution >= 4 is 23.8 Å². The Kier molecular flexibility index (Phi) is 3.73. The lowest BCUT2D eigenvalue weighted by Gasteiger charge is -2.21. The van der Waals surface area contributed by atoms with Crippen molar-refractivity contribution in [2.24, 2.45) is 0 Å². The summed E-state index contributed by atoms with van der Waals surface area (Å²) in [5, 5.41) is 0.826. The van der Waals surface area contributed by atoms with Crippen molar-refractivity contribution in [1.29, 1.82) is 0 Å². The molecule has 1 heteroatoms. The Morgan fingerprint density at radius 2 is 2.00 bits per heavy atom. The molecule has 0 nitrogen and oxygen atoms in total. The van der Waals surface area contributed by atoms with Crippen molar-refractivity contribution in [1.82, 2.24) is 0 Å². The topological polar surface area (TPSA) is 0 Å². The summed E-state index contributed by atoms with van der Waals surface area (Å²) in [7, 11) is 0. The van der Waals surface area contributed by atoms with E-state index in [1.54, 1.807) is 0 Å². The maximum absolute atomic E-state index is 6.02. The Labute approximate surface area is 109 Å². The molecular weight excluding hydrogens is 228 g/mol. The number of fused-ring (bicyclic) bond motifs is 1. The second-order valence-electron chi connectivity index (χ2n) is 4.80. The van der Waals surface area contributed by atoms with Crippen LogP contribution in [0, 0.1) is 6.92 Å². The molecule has 0 unspecified atom stereocenters. The van der Waals surface area contributed by atoms with Gasteiger partial charge in [0.25, 0.3) is 0 Å². The smallest absolute Gasteiger partial charge is 0.0156 e. The van der Waals surface area contributed by atoms with E-state index in [-0.39, 0.29) is 0 Å². The van der Waals surface area contributed by atoms with Crippen molar-refractivity contribution in [3.05, 3.63) is 45.5 Å². The fourth-order valence-electron chi connectivity index (χ4n) is 2.73. The minimum absolute atomic E-state index is 0.826. The van der Waals surface area contributed by atoms with Gasteiger partial charge in [0, 0.05) is 5.03 Å².